The summed E-state index contributed by atoms with van der Waals surface area (Å²) in [6.07, 6.45) is 0.524. The Morgan fingerprint density at radius 3 is 2.42 bits per heavy atom. The van der Waals surface area contributed by atoms with E-state index in [1.807, 2.05) is 45.0 Å². The van der Waals surface area contributed by atoms with Gasteiger partial charge in [0.1, 0.15) is 5.60 Å². The van der Waals surface area contributed by atoms with Crippen molar-refractivity contribution in [3.05, 3.63) is 34.3 Å². The van der Waals surface area contributed by atoms with E-state index in [4.69, 9.17) is 0 Å². The zero-order valence-electron chi connectivity index (χ0n) is 11.5. The van der Waals surface area contributed by atoms with Gasteiger partial charge in [-0.3, -0.25) is 0 Å². The molecule has 0 radical (unpaired) electrons. The van der Waals surface area contributed by atoms with E-state index >= 15 is 0 Å². The second-order valence-corrected chi connectivity index (χ2v) is 5.79. The maximum Gasteiger partial charge on any atom is 0.315 e. The van der Waals surface area contributed by atoms with Gasteiger partial charge < -0.3 is 15.7 Å². The molecule has 4 nitrogen and oxygen atoms in total. The molecule has 0 saturated heterocycles. The third-order valence-electron chi connectivity index (χ3n) is 2.93. The van der Waals surface area contributed by atoms with Crippen LogP contribution in [0.15, 0.2) is 28.7 Å². The number of aliphatic hydroxyl groups is 1. The lowest BCUT2D eigenvalue weighted by Crippen LogP contribution is -2.46. The number of halogens is 1. The van der Waals surface area contributed by atoms with Crippen LogP contribution < -0.4 is 10.6 Å². The standard InChI is InChI=1S/C14H21BrN2O2/c1-4-14(19,9-16-13(18)17-10(2)3)11-5-7-12(15)8-6-11/h5-8,10,19H,4,9H2,1-3H3,(H2,16,17,18). The van der Waals surface area contributed by atoms with Gasteiger partial charge in [0.2, 0.25) is 0 Å². The smallest absolute Gasteiger partial charge is 0.315 e. The number of amides is 2. The molecule has 3 N–H and O–H groups in total. The first-order valence-electron chi connectivity index (χ1n) is 6.40. The van der Waals surface area contributed by atoms with E-state index in [2.05, 4.69) is 26.6 Å². The third-order valence-corrected chi connectivity index (χ3v) is 3.46. The molecular weight excluding hydrogens is 308 g/mol. The molecule has 0 fully saturated rings. The fourth-order valence-electron chi connectivity index (χ4n) is 1.73. The lowest BCUT2D eigenvalue weighted by Gasteiger charge is -2.28. The van der Waals surface area contributed by atoms with Gasteiger partial charge in [0.05, 0.1) is 6.54 Å². The fraction of sp³-hybridized carbons (Fsp3) is 0.500. The Balaban J connectivity index is 2.70. The van der Waals surface area contributed by atoms with Crippen LogP contribution in [0.3, 0.4) is 0 Å². The molecule has 1 aromatic rings. The Morgan fingerprint density at radius 2 is 1.95 bits per heavy atom. The van der Waals surface area contributed by atoms with Crippen LogP contribution in [0, 0.1) is 0 Å². The molecule has 0 aliphatic rings. The maximum atomic E-state index is 11.6. The van der Waals surface area contributed by atoms with Crippen LogP contribution >= 0.6 is 15.9 Å². The van der Waals surface area contributed by atoms with Crippen molar-refractivity contribution in [1.82, 2.24) is 10.6 Å². The summed E-state index contributed by atoms with van der Waals surface area (Å²) in [5.74, 6) is 0. The number of benzene rings is 1. The molecule has 0 aliphatic heterocycles. The molecule has 0 spiro atoms. The van der Waals surface area contributed by atoms with Crippen molar-refractivity contribution in [3.8, 4) is 0 Å². The average Bonchev–Trinajstić information content (AvgIpc) is 2.36. The van der Waals surface area contributed by atoms with Gasteiger partial charge in [0.15, 0.2) is 0 Å². The third kappa shape index (κ3) is 4.84. The molecule has 0 bridgehead atoms. The van der Waals surface area contributed by atoms with Gasteiger partial charge in [0, 0.05) is 10.5 Å². The summed E-state index contributed by atoms with van der Waals surface area (Å²) >= 11 is 3.36. The summed E-state index contributed by atoms with van der Waals surface area (Å²) in [6.45, 7) is 5.86. The van der Waals surface area contributed by atoms with E-state index in [-0.39, 0.29) is 18.6 Å². The Kier molecular flexibility index (Phi) is 5.82. The van der Waals surface area contributed by atoms with Crippen molar-refractivity contribution in [3.63, 3.8) is 0 Å². The quantitative estimate of drug-likeness (QED) is 0.778. The molecule has 1 atom stereocenters. The van der Waals surface area contributed by atoms with Crippen LogP contribution in [0.25, 0.3) is 0 Å². The van der Waals surface area contributed by atoms with Crippen molar-refractivity contribution in [2.75, 3.05) is 6.54 Å². The second kappa shape index (κ2) is 6.91. The minimum Gasteiger partial charge on any atom is -0.383 e. The van der Waals surface area contributed by atoms with Gasteiger partial charge in [0.25, 0.3) is 0 Å². The van der Waals surface area contributed by atoms with E-state index in [0.29, 0.717) is 6.42 Å². The highest BCUT2D eigenvalue weighted by Gasteiger charge is 2.27. The highest BCUT2D eigenvalue weighted by Crippen LogP contribution is 2.25. The first-order valence-corrected chi connectivity index (χ1v) is 7.19. The summed E-state index contributed by atoms with van der Waals surface area (Å²) in [5, 5.41) is 16.0. The number of carbonyl (C=O) groups is 1. The Morgan fingerprint density at radius 1 is 1.37 bits per heavy atom. The number of carbonyl (C=O) groups excluding carboxylic acids is 1. The van der Waals surface area contributed by atoms with Crippen LogP contribution in [-0.4, -0.2) is 23.7 Å². The Bertz CT molecular complexity index is 420. The molecule has 1 aromatic carbocycles. The number of hydrogen-bond acceptors (Lipinski definition) is 2. The topological polar surface area (TPSA) is 61.4 Å². The normalized spacial score (nSPS) is 14.0. The Hall–Kier alpha value is -1.07. The van der Waals surface area contributed by atoms with Gasteiger partial charge in [-0.15, -0.1) is 0 Å². The van der Waals surface area contributed by atoms with Crippen LogP contribution in [0.4, 0.5) is 4.79 Å². The minimum atomic E-state index is -1.05. The SMILES string of the molecule is CCC(O)(CNC(=O)NC(C)C)c1ccc(Br)cc1. The van der Waals surface area contributed by atoms with Gasteiger partial charge in [-0.1, -0.05) is 35.0 Å². The first kappa shape index (κ1) is 16.0. The monoisotopic (exact) mass is 328 g/mol. The second-order valence-electron chi connectivity index (χ2n) is 4.87. The summed E-state index contributed by atoms with van der Waals surface area (Å²) in [4.78, 5) is 11.6. The summed E-state index contributed by atoms with van der Waals surface area (Å²) < 4.78 is 0.959. The zero-order chi connectivity index (χ0) is 14.5. The van der Waals surface area contributed by atoms with Crippen molar-refractivity contribution in [2.24, 2.45) is 0 Å². The van der Waals surface area contributed by atoms with E-state index in [1.165, 1.54) is 0 Å². The molecule has 0 saturated carbocycles. The number of urea groups is 1. The van der Waals surface area contributed by atoms with Crippen molar-refractivity contribution < 1.29 is 9.90 Å². The molecule has 106 valence electrons. The van der Waals surface area contributed by atoms with Crippen molar-refractivity contribution >= 4 is 22.0 Å². The predicted octanol–water partition coefficient (Wildman–Crippen LogP) is 2.75. The zero-order valence-corrected chi connectivity index (χ0v) is 13.1. The van der Waals surface area contributed by atoms with Crippen LogP contribution in [0.2, 0.25) is 0 Å². The first-order chi connectivity index (χ1) is 8.87. The van der Waals surface area contributed by atoms with Crippen LogP contribution in [0.1, 0.15) is 32.8 Å². The summed E-state index contributed by atoms with van der Waals surface area (Å²) in [6, 6.07) is 7.28. The van der Waals surface area contributed by atoms with Gasteiger partial charge in [-0.05, 0) is 38.0 Å². The molecule has 19 heavy (non-hydrogen) atoms. The number of hydrogen-bond donors (Lipinski definition) is 3. The highest BCUT2D eigenvalue weighted by atomic mass is 79.9. The van der Waals surface area contributed by atoms with E-state index in [0.717, 1.165) is 10.0 Å². The molecule has 1 unspecified atom stereocenters. The molecule has 0 aliphatic carbocycles. The average molecular weight is 329 g/mol. The van der Waals surface area contributed by atoms with E-state index in [9.17, 15) is 9.90 Å². The van der Waals surface area contributed by atoms with E-state index in [1.54, 1.807) is 0 Å². The number of nitrogens with one attached hydrogen (secondary N) is 2. The van der Waals surface area contributed by atoms with Gasteiger partial charge >= 0.3 is 6.03 Å². The molecule has 0 aromatic heterocycles. The molecule has 0 heterocycles. The lowest BCUT2D eigenvalue weighted by molar-refractivity contribution is 0.0350. The van der Waals surface area contributed by atoms with Gasteiger partial charge in [-0.25, -0.2) is 4.79 Å². The predicted molar refractivity (Wildman–Crippen MR) is 80.0 cm³/mol. The van der Waals surface area contributed by atoms with Crippen molar-refractivity contribution in [1.29, 1.82) is 0 Å². The molecule has 2 amide bonds. The van der Waals surface area contributed by atoms with Gasteiger partial charge in [-0.2, -0.15) is 0 Å². The van der Waals surface area contributed by atoms with Crippen molar-refractivity contribution in [2.45, 2.75) is 38.8 Å². The largest absolute Gasteiger partial charge is 0.383 e. The summed E-state index contributed by atoms with van der Waals surface area (Å²) in [5.41, 5.74) is -0.252. The number of rotatable bonds is 5. The summed E-state index contributed by atoms with van der Waals surface area (Å²) in [7, 11) is 0. The molecule has 1 rings (SSSR count). The molecule has 5 heteroatoms. The Labute approximate surface area is 122 Å². The van der Waals surface area contributed by atoms with Crippen LogP contribution in [-0.2, 0) is 5.60 Å². The van der Waals surface area contributed by atoms with Crippen LogP contribution in [0.5, 0.6) is 0 Å². The lowest BCUT2D eigenvalue weighted by atomic mass is 9.91. The highest BCUT2D eigenvalue weighted by molar-refractivity contribution is 9.10. The minimum absolute atomic E-state index is 0.0717. The maximum absolute atomic E-state index is 11.6. The molecular formula is C14H21BrN2O2. The van der Waals surface area contributed by atoms with E-state index < -0.39 is 5.60 Å². The fourth-order valence-corrected chi connectivity index (χ4v) is 2.00.